The molecule has 2 aromatic heterocycles. The molecule has 164 valence electrons. The molecule has 2 N–H and O–H groups in total. The molecule has 1 saturated heterocycles. The van der Waals surface area contributed by atoms with E-state index in [1.165, 1.54) is 0 Å². The molecule has 3 heterocycles. The second-order valence-corrected chi connectivity index (χ2v) is 8.76. The number of hydrogen-bond acceptors (Lipinski definition) is 7. The van der Waals surface area contributed by atoms with Crippen LogP contribution >= 0.6 is 0 Å². The third-order valence-corrected chi connectivity index (χ3v) is 6.17. The van der Waals surface area contributed by atoms with Gasteiger partial charge in [0.2, 0.25) is 16.0 Å². The van der Waals surface area contributed by atoms with Crippen molar-refractivity contribution in [3.63, 3.8) is 0 Å². The van der Waals surface area contributed by atoms with E-state index >= 15 is 0 Å². The van der Waals surface area contributed by atoms with Crippen LogP contribution in [0.15, 0.2) is 17.1 Å². The summed E-state index contributed by atoms with van der Waals surface area (Å²) < 4.78 is 128. The van der Waals surface area contributed by atoms with Gasteiger partial charge in [0.1, 0.15) is 5.65 Å². The van der Waals surface area contributed by atoms with Crippen LogP contribution in [0.3, 0.4) is 0 Å². The van der Waals surface area contributed by atoms with Crippen LogP contribution in [0, 0.1) is 6.85 Å². The van der Waals surface area contributed by atoms with Gasteiger partial charge in [-0.1, -0.05) is 0 Å². The number of rotatable bonds is 4. The van der Waals surface area contributed by atoms with Crippen molar-refractivity contribution >= 4 is 27.0 Å². The average Bonchev–Trinajstić information content (AvgIpc) is 3.21. The maximum atomic E-state index is 13.5. The van der Waals surface area contributed by atoms with Crippen LogP contribution in [0.25, 0.3) is 11.0 Å². The van der Waals surface area contributed by atoms with Gasteiger partial charge in [0.05, 0.1) is 17.8 Å². The molecule has 1 aliphatic heterocycles. The van der Waals surface area contributed by atoms with Crippen molar-refractivity contribution in [2.45, 2.75) is 63.4 Å². The number of sulfonamides is 1. The summed E-state index contributed by atoms with van der Waals surface area (Å²) in [6, 6.07) is -2.30. The Kier molecular flexibility index (Phi) is 2.66. The first-order chi connectivity index (χ1) is 19.2. The molecule has 30 heavy (non-hydrogen) atoms. The number of aromatic nitrogens is 3. The van der Waals surface area contributed by atoms with Gasteiger partial charge in [-0.05, 0) is 51.8 Å². The molecule has 10 heteroatoms. The van der Waals surface area contributed by atoms with E-state index in [-0.39, 0.29) is 34.6 Å². The van der Waals surface area contributed by atoms with E-state index in [1.54, 1.807) is 0 Å². The van der Waals surface area contributed by atoms with Gasteiger partial charge in [-0.15, -0.1) is 0 Å². The predicted molar refractivity (Wildman–Crippen MR) is 115 cm³/mol. The van der Waals surface area contributed by atoms with Crippen molar-refractivity contribution in [1.82, 2.24) is 18.8 Å². The summed E-state index contributed by atoms with van der Waals surface area (Å²) in [6.07, 6.45) is -8.03. The minimum absolute atomic E-state index is 0.0252. The van der Waals surface area contributed by atoms with Crippen LogP contribution in [-0.2, 0) is 10.0 Å². The highest BCUT2D eigenvalue weighted by Crippen LogP contribution is 2.39. The van der Waals surface area contributed by atoms with Crippen LogP contribution in [-0.4, -0.2) is 63.3 Å². The lowest BCUT2D eigenvalue weighted by atomic mass is 9.99. The normalized spacial score (nSPS) is 37.4. The molecule has 2 aromatic rings. The number of anilines is 1. The molecule has 4 rings (SSSR count). The fourth-order valence-electron chi connectivity index (χ4n) is 3.71. The summed E-state index contributed by atoms with van der Waals surface area (Å²) in [5, 5.41) is 13.6. The van der Waals surface area contributed by atoms with Crippen LogP contribution in [0.5, 0.6) is 0 Å². The van der Waals surface area contributed by atoms with Gasteiger partial charge >= 0.3 is 0 Å². The van der Waals surface area contributed by atoms with E-state index in [0.29, 0.717) is 0 Å². The molecular weight excluding hydrogens is 406 g/mol. The lowest BCUT2D eigenvalue weighted by molar-refractivity contribution is 0.0266. The van der Waals surface area contributed by atoms with Gasteiger partial charge < -0.3 is 10.4 Å². The van der Waals surface area contributed by atoms with Crippen molar-refractivity contribution in [1.29, 1.82) is 0 Å². The Balaban J connectivity index is 1.84. The Hall–Kier alpha value is -2.04. The number of hydrogen-bond donors (Lipinski definition) is 2. The van der Waals surface area contributed by atoms with Gasteiger partial charge in [0, 0.05) is 54.1 Å². The number of nitrogens with one attached hydrogen (secondary N) is 1. The molecular formula is C20H29N5O4S. The summed E-state index contributed by atoms with van der Waals surface area (Å²) in [5.74, 6) is -0.484. The number of piperidine rings is 1. The van der Waals surface area contributed by atoms with Gasteiger partial charge in [-0.25, -0.2) is 17.7 Å². The molecule has 1 aliphatic carbocycles. The minimum atomic E-state index is -5.09. The van der Waals surface area contributed by atoms with Crippen molar-refractivity contribution < 1.29 is 31.3 Å². The zero-order valence-corrected chi connectivity index (χ0v) is 16.5. The highest BCUT2D eigenvalue weighted by molar-refractivity contribution is 7.88. The first-order valence-electron chi connectivity index (χ1n) is 15.7. The average molecular weight is 449 g/mol. The lowest BCUT2D eigenvalue weighted by Gasteiger charge is -2.31. The molecule has 0 bridgehead atoms. The number of aliphatic hydroxyl groups is 1. The number of fused-ring (bicyclic) bond motifs is 1. The third-order valence-electron chi connectivity index (χ3n) is 5.23. The van der Waals surface area contributed by atoms with E-state index in [2.05, 4.69) is 15.3 Å². The predicted octanol–water partition coefficient (Wildman–Crippen LogP) is 1.41. The van der Waals surface area contributed by atoms with Crippen molar-refractivity contribution in [3.05, 3.63) is 28.2 Å². The summed E-state index contributed by atoms with van der Waals surface area (Å²) in [6.45, 7) is -7.97. The minimum Gasteiger partial charge on any atom is -0.388 e. The van der Waals surface area contributed by atoms with E-state index in [0.717, 1.165) is 16.8 Å². The van der Waals surface area contributed by atoms with Crippen molar-refractivity contribution in [2.24, 2.45) is 0 Å². The summed E-state index contributed by atoms with van der Waals surface area (Å²) in [5.41, 5.74) is -4.56. The molecule has 9 nitrogen and oxygen atoms in total. The van der Waals surface area contributed by atoms with Gasteiger partial charge in [0.25, 0.3) is 5.56 Å². The molecule has 0 spiro atoms. The maximum Gasteiger partial charge on any atom is 0.255 e. The van der Waals surface area contributed by atoms with Crippen molar-refractivity contribution in [3.8, 4) is 0 Å². The largest absolute Gasteiger partial charge is 0.388 e. The number of nitrogens with zero attached hydrogens (tertiary/aromatic N) is 4. The van der Waals surface area contributed by atoms with Gasteiger partial charge in [-0.3, -0.25) is 9.36 Å². The molecule has 0 aromatic carbocycles. The molecule has 0 unspecified atom stereocenters. The zero-order chi connectivity index (χ0) is 32.8. The molecule has 0 radical (unpaired) electrons. The van der Waals surface area contributed by atoms with E-state index < -0.39 is 90.5 Å². The van der Waals surface area contributed by atoms with Gasteiger partial charge in [-0.2, -0.15) is 4.98 Å². The fraction of sp³-hybridized carbons (Fsp3) is 0.650. The first-order valence-corrected chi connectivity index (χ1v) is 10.6. The summed E-state index contributed by atoms with van der Waals surface area (Å²) in [7, 11) is -5.09. The third kappa shape index (κ3) is 3.95. The standard InChI is InChI=1S/C20H29N5O4S/c1-13-11-14-12-21-19(22-15-6-9-24(10-7-15)30(3,28)29)23-17(14)25(18(13)26)16-5-4-8-20(16,2)27/h11-12,15-16,27H,4-10H2,1-3H3,(H,21,22,23)/t16-,20-/m0/s1/i1D3,2D3,3D3,6D2,7D2. The molecule has 1 saturated carbocycles. The molecule has 2 atom stereocenters. The Morgan fingerprint density at radius 1 is 1.40 bits per heavy atom. The SMILES string of the molecule is [2H]C([2H])([2H])c1cc2cnc(NC3C([2H])([2H])CN(S(=O)(=O)C([2H])([2H])[2H])CC3([2H])[2H])nc2n([C@H]2CCC[C@@]2(O)C([2H])([2H])[2H])c1=O. The Bertz CT molecular complexity index is 1570. The Morgan fingerprint density at radius 3 is 2.90 bits per heavy atom. The van der Waals surface area contributed by atoms with Crippen molar-refractivity contribution in [2.75, 3.05) is 24.6 Å². The molecule has 2 fully saturated rings. The topological polar surface area (TPSA) is 117 Å². The van der Waals surface area contributed by atoms with Crippen LogP contribution in [0.2, 0.25) is 0 Å². The number of aryl methyl sites for hydroxylation is 1. The molecule has 2 aliphatic rings. The van der Waals surface area contributed by atoms with Crippen LogP contribution in [0.1, 0.15) is 68.3 Å². The highest BCUT2D eigenvalue weighted by Gasteiger charge is 2.39. The second kappa shape index (κ2) is 7.58. The maximum absolute atomic E-state index is 13.5. The monoisotopic (exact) mass is 448 g/mol. The second-order valence-electron chi connectivity index (χ2n) is 7.30. The zero-order valence-electron chi connectivity index (χ0n) is 28.7. The molecule has 0 amide bonds. The van der Waals surface area contributed by atoms with E-state index in [4.69, 9.17) is 17.8 Å². The van der Waals surface area contributed by atoms with Crippen LogP contribution in [0.4, 0.5) is 5.95 Å². The lowest BCUT2D eigenvalue weighted by Crippen LogP contribution is -2.42. The van der Waals surface area contributed by atoms with E-state index in [9.17, 15) is 18.3 Å². The van der Waals surface area contributed by atoms with Crippen LogP contribution < -0.4 is 10.9 Å². The highest BCUT2D eigenvalue weighted by atomic mass is 32.2. The van der Waals surface area contributed by atoms with Gasteiger partial charge in [0.15, 0.2) is 0 Å². The first kappa shape index (κ1) is 10.5. The Morgan fingerprint density at radius 2 is 2.20 bits per heavy atom. The summed E-state index contributed by atoms with van der Waals surface area (Å²) in [4.78, 5) is 21.7. The quantitative estimate of drug-likeness (QED) is 0.726. The summed E-state index contributed by atoms with van der Waals surface area (Å²) >= 11 is 0. The number of pyridine rings is 1. The fourth-order valence-corrected chi connectivity index (χ4v) is 4.20. The van der Waals surface area contributed by atoms with E-state index in [1.807, 2.05) is 0 Å². The smallest absolute Gasteiger partial charge is 0.255 e. The Labute approximate surface area is 194 Å².